The maximum Gasteiger partial charge on any atom is 0.259 e. The number of carbonyl (C=O) groups is 1. The standard InChI is InChI=1S/C26H21NO2/c28-26-25(29-18-19-10-3-1-4-11-19)24(21-13-5-2-6-14-21)27(26)23-17-9-15-20-12-7-8-16-22(20)23/h1-17,24-25H,18H2/t24-,25-/m1/s1. The van der Waals surface area contributed by atoms with Crippen LogP contribution in [-0.2, 0) is 16.1 Å². The molecule has 1 fully saturated rings. The summed E-state index contributed by atoms with van der Waals surface area (Å²) in [6.45, 7) is 0.421. The average Bonchev–Trinajstić information content (AvgIpc) is 2.79. The van der Waals surface area contributed by atoms with Crippen molar-refractivity contribution < 1.29 is 9.53 Å². The van der Waals surface area contributed by atoms with E-state index in [0.717, 1.165) is 27.6 Å². The van der Waals surface area contributed by atoms with Crippen LogP contribution in [0, 0.1) is 0 Å². The van der Waals surface area contributed by atoms with E-state index in [1.54, 1.807) is 0 Å². The van der Waals surface area contributed by atoms with E-state index in [1.807, 2.05) is 77.7 Å². The minimum Gasteiger partial charge on any atom is -0.361 e. The van der Waals surface area contributed by atoms with Gasteiger partial charge in [-0.2, -0.15) is 0 Å². The van der Waals surface area contributed by atoms with Crippen molar-refractivity contribution in [2.75, 3.05) is 4.90 Å². The minimum absolute atomic E-state index is 0.00568. The molecule has 0 bridgehead atoms. The molecule has 4 aromatic carbocycles. The Balaban J connectivity index is 1.51. The van der Waals surface area contributed by atoms with Crippen molar-refractivity contribution in [1.29, 1.82) is 0 Å². The molecule has 0 radical (unpaired) electrons. The quantitative estimate of drug-likeness (QED) is 0.428. The molecule has 1 aliphatic heterocycles. The zero-order valence-electron chi connectivity index (χ0n) is 15.9. The number of ether oxygens (including phenoxy) is 1. The Hall–Kier alpha value is -3.43. The summed E-state index contributed by atoms with van der Waals surface area (Å²) in [5.74, 6) is 0.00568. The molecule has 1 aliphatic rings. The summed E-state index contributed by atoms with van der Waals surface area (Å²) in [5, 5.41) is 2.20. The van der Waals surface area contributed by atoms with Gasteiger partial charge in [0.05, 0.1) is 18.3 Å². The van der Waals surface area contributed by atoms with Crippen molar-refractivity contribution >= 4 is 22.4 Å². The second kappa shape index (κ2) is 7.53. The Kier molecular flexibility index (Phi) is 4.59. The number of amides is 1. The molecule has 29 heavy (non-hydrogen) atoms. The van der Waals surface area contributed by atoms with Crippen LogP contribution in [0.3, 0.4) is 0 Å². The Bertz CT molecular complexity index is 1140. The van der Waals surface area contributed by atoms with Gasteiger partial charge in [-0.25, -0.2) is 0 Å². The van der Waals surface area contributed by atoms with Crippen molar-refractivity contribution in [3.05, 3.63) is 114 Å². The SMILES string of the molecule is O=C1[C@H](OCc2ccccc2)[C@@H](c2ccccc2)N1c1cccc2ccccc12. The van der Waals surface area contributed by atoms with Gasteiger partial charge < -0.3 is 4.74 Å². The Labute approximate surface area is 170 Å². The molecule has 1 heterocycles. The number of rotatable bonds is 5. The topological polar surface area (TPSA) is 29.5 Å². The molecule has 0 unspecified atom stereocenters. The molecule has 0 aliphatic carbocycles. The lowest BCUT2D eigenvalue weighted by atomic mass is 9.89. The van der Waals surface area contributed by atoms with E-state index < -0.39 is 6.10 Å². The first-order valence-corrected chi connectivity index (χ1v) is 9.84. The number of nitrogens with zero attached hydrogens (tertiary/aromatic N) is 1. The molecule has 3 heteroatoms. The van der Waals surface area contributed by atoms with Crippen LogP contribution in [-0.4, -0.2) is 12.0 Å². The van der Waals surface area contributed by atoms with Crippen molar-refractivity contribution in [3.63, 3.8) is 0 Å². The van der Waals surface area contributed by atoms with E-state index >= 15 is 0 Å². The highest BCUT2D eigenvalue weighted by molar-refractivity contribution is 6.10. The lowest BCUT2D eigenvalue weighted by Crippen LogP contribution is -2.60. The third-order valence-electron chi connectivity index (χ3n) is 5.49. The largest absolute Gasteiger partial charge is 0.361 e. The number of hydrogen-bond acceptors (Lipinski definition) is 2. The molecule has 0 saturated carbocycles. The molecule has 1 amide bonds. The summed E-state index contributed by atoms with van der Waals surface area (Å²) in [6, 6.07) is 34.2. The second-order valence-electron chi connectivity index (χ2n) is 7.28. The normalized spacial score (nSPS) is 18.6. The maximum atomic E-state index is 13.2. The number of fused-ring (bicyclic) bond motifs is 1. The Morgan fingerprint density at radius 1 is 0.724 bits per heavy atom. The van der Waals surface area contributed by atoms with E-state index in [1.165, 1.54) is 0 Å². The molecule has 5 rings (SSSR count). The van der Waals surface area contributed by atoms with E-state index in [-0.39, 0.29) is 11.9 Å². The van der Waals surface area contributed by atoms with Gasteiger partial charge in [-0.05, 0) is 22.6 Å². The fraction of sp³-hybridized carbons (Fsp3) is 0.115. The second-order valence-corrected chi connectivity index (χ2v) is 7.28. The van der Waals surface area contributed by atoms with E-state index in [2.05, 4.69) is 30.3 Å². The van der Waals surface area contributed by atoms with Crippen molar-refractivity contribution in [2.24, 2.45) is 0 Å². The molecule has 2 atom stereocenters. The lowest BCUT2D eigenvalue weighted by Gasteiger charge is -2.47. The van der Waals surface area contributed by atoms with Gasteiger partial charge in [-0.3, -0.25) is 9.69 Å². The van der Waals surface area contributed by atoms with E-state index in [9.17, 15) is 4.79 Å². The van der Waals surface area contributed by atoms with Crippen molar-refractivity contribution in [3.8, 4) is 0 Å². The molecular weight excluding hydrogens is 358 g/mol. The van der Waals surface area contributed by atoms with Gasteiger partial charge >= 0.3 is 0 Å². The van der Waals surface area contributed by atoms with Gasteiger partial charge in [0.1, 0.15) is 0 Å². The summed E-state index contributed by atoms with van der Waals surface area (Å²) in [7, 11) is 0. The van der Waals surface area contributed by atoms with E-state index in [0.29, 0.717) is 6.61 Å². The van der Waals surface area contributed by atoms with Crippen LogP contribution in [0.2, 0.25) is 0 Å². The molecule has 1 saturated heterocycles. The highest BCUT2D eigenvalue weighted by Gasteiger charge is 2.50. The molecule has 0 N–H and O–H groups in total. The van der Waals surface area contributed by atoms with Crippen molar-refractivity contribution in [1.82, 2.24) is 0 Å². The summed E-state index contributed by atoms with van der Waals surface area (Å²) in [6.07, 6.45) is -0.489. The Morgan fingerprint density at radius 2 is 1.38 bits per heavy atom. The summed E-state index contributed by atoms with van der Waals surface area (Å²) >= 11 is 0. The van der Waals surface area contributed by atoms with Gasteiger partial charge in [0.2, 0.25) is 0 Å². The van der Waals surface area contributed by atoms with Gasteiger partial charge in [0.25, 0.3) is 5.91 Å². The molecular formula is C26H21NO2. The predicted molar refractivity (Wildman–Crippen MR) is 116 cm³/mol. The number of hydrogen-bond donors (Lipinski definition) is 0. The molecule has 0 spiro atoms. The van der Waals surface area contributed by atoms with Gasteiger partial charge in [-0.1, -0.05) is 97.1 Å². The minimum atomic E-state index is -0.489. The molecule has 0 aromatic heterocycles. The summed E-state index contributed by atoms with van der Waals surface area (Å²) in [4.78, 5) is 15.1. The zero-order chi connectivity index (χ0) is 19.6. The fourth-order valence-electron chi connectivity index (χ4n) is 4.05. The van der Waals surface area contributed by atoms with Crippen LogP contribution in [0.25, 0.3) is 10.8 Å². The van der Waals surface area contributed by atoms with Crippen LogP contribution >= 0.6 is 0 Å². The summed E-state index contributed by atoms with van der Waals surface area (Å²) < 4.78 is 6.12. The first-order chi connectivity index (χ1) is 14.3. The van der Waals surface area contributed by atoms with Crippen LogP contribution in [0.15, 0.2) is 103 Å². The number of benzene rings is 4. The van der Waals surface area contributed by atoms with Crippen molar-refractivity contribution in [2.45, 2.75) is 18.8 Å². The number of carbonyl (C=O) groups excluding carboxylic acids is 1. The monoisotopic (exact) mass is 379 g/mol. The molecule has 142 valence electrons. The first-order valence-electron chi connectivity index (χ1n) is 9.84. The number of anilines is 1. The van der Waals surface area contributed by atoms with Crippen LogP contribution in [0.5, 0.6) is 0 Å². The smallest absolute Gasteiger partial charge is 0.259 e. The first kappa shape index (κ1) is 17.7. The van der Waals surface area contributed by atoms with Crippen LogP contribution < -0.4 is 4.90 Å². The van der Waals surface area contributed by atoms with E-state index in [4.69, 9.17) is 4.74 Å². The third kappa shape index (κ3) is 3.20. The molecule has 3 nitrogen and oxygen atoms in total. The highest BCUT2D eigenvalue weighted by atomic mass is 16.5. The maximum absolute atomic E-state index is 13.2. The molecule has 4 aromatic rings. The highest BCUT2D eigenvalue weighted by Crippen LogP contribution is 2.43. The Morgan fingerprint density at radius 3 is 2.17 bits per heavy atom. The predicted octanol–water partition coefficient (Wildman–Crippen LogP) is 5.51. The number of β-lactam (4-membered cyclic amide) rings is 1. The third-order valence-corrected chi connectivity index (χ3v) is 5.49. The zero-order valence-corrected chi connectivity index (χ0v) is 15.9. The van der Waals surface area contributed by atoms with Crippen LogP contribution in [0.4, 0.5) is 5.69 Å². The van der Waals surface area contributed by atoms with Gasteiger partial charge in [-0.15, -0.1) is 0 Å². The van der Waals surface area contributed by atoms with Gasteiger partial charge in [0.15, 0.2) is 6.10 Å². The van der Waals surface area contributed by atoms with Crippen LogP contribution in [0.1, 0.15) is 17.2 Å². The van der Waals surface area contributed by atoms with Gasteiger partial charge in [0, 0.05) is 5.39 Å². The summed E-state index contributed by atoms with van der Waals surface area (Å²) in [5.41, 5.74) is 3.08. The average molecular weight is 379 g/mol. The fourth-order valence-corrected chi connectivity index (χ4v) is 4.05. The lowest BCUT2D eigenvalue weighted by molar-refractivity contribution is -0.143.